The zero-order chi connectivity index (χ0) is 25.1. The standard InChI is InChI=1S/C24H30BrN3O5S/c1-5-31-12-13-32-19-9-7-6-8-17(19)22(30)26-23(34)28-27-21(29)15-33-20-11-10-16(14-18(20)25)24(2,3)4/h6-11,14H,5,12-13,15H2,1-4H3,(H,27,29)(H2,26,28,30,34). The van der Waals surface area contributed by atoms with Crippen LogP contribution < -0.4 is 25.6 Å². The van der Waals surface area contributed by atoms with Crippen LogP contribution in [0.3, 0.4) is 0 Å². The Bertz CT molecular complexity index is 1010. The molecule has 0 atom stereocenters. The minimum atomic E-state index is -0.474. The molecule has 2 amide bonds. The van der Waals surface area contributed by atoms with Crippen molar-refractivity contribution >= 4 is 45.1 Å². The number of benzene rings is 2. The Kier molecular flexibility index (Phi) is 10.7. The fourth-order valence-electron chi connectivity index (χ4n) is 2.73. The van der Waals surface area contributed by atoms with Crippen LogP contribution in [0.15, 0.2) is 46.9 Å². The van der Waals surface area contributed by atoms with E-state index in [1.54, 1.807) is 24.3 Å². The molecular weight excluding hydrogens is 522 g/mol. The Labute approximate surface area is 213 Å². The zero-order valence-electron chi connectivity index (χ0n) is 19.7. The first kappa shape index (κ1) is 27.6. The lowest BCUT2D eigenvalue weighted by Gasteiger charge is -2.20. The second-order valence-electron chi connectivity index (χ2n) is 8.18. The van der Waals surface area contributed by atoms with Crippen LogP contribution in [0.25, 0.3) is 0 Å². The third-order valence-electron chi connectivity index (χ3n) is 4.52. The molecule has 3 N–H and O–H groups in total. The fourth-order valence-corrected chi connectivity index (χ4v) is 3.36. The number of rotatable bonds is 9. The van der Waals surface area contributed by atoms with Crippen LogP contribution in [0.5, 0.6) is 11.5 Å². The predicted octanol–water partition coefficient (Wildman–Crippen LogP) is 3.88. The molecule has 0 aliphatic rings. The highest BCUT2D eigenvalue weighted by Gasteiger charge is 2.16. The van der Waals surface area contributed by atoms with E-state index in [1.807, 2.05) is 25.1 Å². The first-order valence-electron chi connectivity index (χ1n) is 10.7. The van der Waals surface area contributed by atoms with E-state index in [9.17, 15) is 9.59 Å². The molecule has 0 aromatic heterocycles. The summed E-state index contributed by atoms with van der Waals surface area (Å²) in [4.78, 5) is 24.7. The molecule has 2 aromatic carbocycles. The largest absolute Gasteiger partial charge is 0.490 e. The number of thiocarbonyl (C=S) groups is 1. The maximum atomic E-state index is 12.6. The van der Waals surface area contributed by atoms with Crippen molar-refractivity contribution in [3.8, 4) is 11.5 Å². The molecular formula is C24H30BrN3O5S. The Morgan fingerprint density at radius 2 is 1.74 bits per heavy atom. The number of hydrogen-bond acceptors (Lipinski definition) is 6. The Balaban J connectivity index is 1.81. The predicted molar refractivity (Wildman–Crippen MR) is 138 cm³/mol. The van der Waals surface area contributed by atoms with E-state index in [1.165, 1.54) is 0 Å². The molecule has 0 radical (unpaired) electrons. The fraction of sp³-hybridized carbons (Fsp3) is 0.375. The highest BCUT2D eigenvalue weighted by Crippen LogP contribution is 2.31. The summed E-state index contributed by atoms with van der Waals surface area (Å²) in [6.45, 7) is 9.31. The molecule has 0 aliphatic carbocycles. The minimum absolute atomic E-state index is 0.00141. The van der Waals surface area contributed by atoms with Crippen molar-refractivity contribution in [3.05, 3.63) is 58.1 Å². The SMILES string of the molecule is CCOCCOc1ccccc1C(=O)NC(=S)NNC(=O)COc1ccc(C(C)(C)C)cc1Br. The van der Waals surface area contributed by atoms with Crippen molar-refractivity contribution in [2.75, 3.05) is 26.4 Å². The summed E-state index contributed by atoms with van der Waals surface area (Å²) in [7, 11) is 0. The van der Waals surface area contributed by atoms with E-state index in [-0.39, 0.29) is 17.1 Å². The summed E-state index contributed by atoms with van der Waals surface area (Å²) in [6, 6.07) is 12.5. The summed E-state index contributed by atoms with van der Waals surface area (Å²) in [5, 5.41) is 2.43. The zero-order valence-corrected chi connectivity index (χ0v) is 22.1. The van der Waals surface area contributed by atoms with Crippen molar-refractivity contribution < 1.29 is 23.8 Å². The summed E-state index contributed by atoms with van der Waals surface area (Å²) in [5.74, 6) is 0.00361. The molecule has 0 saturated carbocycles. The van der Waals surface area contributed by atoms with Gasteiger partial charge in [0.15, 0.2) is 11.7 Å². The average molecular weight is 552 g/mol. The summed E-state index contributed by atoms with van der Waals surface area (Å²) >= 11 is 8.57. The third-order valence-corrected chi connectivity index (χ3v) is 5.34. The Hall–Kier alpha value is -2.69. The van der Waals surface area contributed by atoms with Gasteiger partial charge >= 0.3 is 0 Å². The number of hydrazine groups is 1. The molecule has 8 nitrogen and oxygen atoms in total. The van der Waals surface area contributed by atoms with Gasteiger partial charge in [-0.3, -0.25) is 25.8 Å². The van der Waals surface area contributed by atoms with Gasteiger partial charge in [0, 0.05) is 6.61 Å². The number of carbonyl (C=O) groups is 2. The molecule has 0 fully saturated rings. The van der Waals surface area contributed by atoms with E-state index in [4.69, 9.17) is 26.4 Å². The van der Waals surface area contributed by atoms with E-state index in [0.717, 1.165) is 10.0 Å². The molecule has 0 unspecified atom stereocenters. The van der Waals surface area contributed by atoms with E-state index in [0.29, 0.717) is 36.9 Å². The smallest absolute Gasteiger partial charge is 0.276 e. The van der Waals surface area contributed by atoms with Crippen molar-refractivity contribution in [2.45, 2.75) is 33.1 Å². The van der Waals surface area contributed by atoms with Crippen LogP contribution in [0.1, 0.15) is 43.6 Å². The quantitative estimate of drug-likeness (QED) is 0.247. The lowest BCUT2D eigenvalue weighted by atomic mass is 9.87. The maximum absolute atomic E-state index is 12.6. The van der Waals surface area contributed by atoms with Gasteiger partial charge < -0.3 is 14.2 Å². The van der Waals surface area contributed by atoms with Crippen LogP contribution >= 0.6 is 28.1 Å². The third kappa shape index (κ3) is 8.92. The molecule has 34 heavy (non-hydrogen) atoms. The van der Waals surface area contributed by atoms with Gasteiger partial charge in [0.2, 0.25) is 0 Å². The van der Waals surface area contributed by atoms with Crippen molar-refractivity contribution in [1.82, 2.24) is 16.2 Å². The van der Waals surface area contributed by atoms with Crippen LogP contribution in [0, 0.1) is 0 Å². The first-order valence-corrected chi connectivity index (χ1v) is 11.9. The summed E-state index contributed by atoms with van der Waals surface area (Å²) in [5.41, 5.74) is 6.33. The van der Waals surface area contributed by atoms with Gasteiger partial charge in [0.25, 0.3) is 11.8 Å². The maximum Gasteiger partial charge on any atom is 0.276 e. The summed E-state index contributed by atoms with van der Waals surface area (Å²) in [6.07, 6.45) is 0. The highest BCUT2D eigenvalue weighted by molar-refractivity contribution is 9.10. The minimum Gasteiger partial charge on any atom is -0.490 e. The van der Waals surface area contributed by atoms with Crippen molar-refractivity contribution in [1.29, 1.82) is 0 Å². The second-order valence-corrected chi connectivity index (χ2v) is 9.44. The monoisotopic (exact) mass is 551 g/mol. The molecule has 0 aliphatic heterocycles. The van der Waals surface area contributed by atoms with Crippen LogP contribution in [0.2, 0.25) is 0 Å². The van der Waals surface area contributed by atoms with Crippen LogP contribution in [-0.4, -0.2) is 43.4 Å². The lowest BCUT2D eigenvalue weighted by Crippen LogP contribution is -2.49. The molecule has 10 heteroatoms. The normalized spacial score (nSPS) is 10.9. The second kappa shape index (κ2) is 13.3. The number of nitrogens with one attached hydrogen (secondary N) is 3. The van der Waals surface area contributed by atoms with Gasteiger partial charge in [-0.1, -0.05) is 39.0 Å². The Morgan fingerprint density at radius 1 is 1.00 bits per heavy atom. The van der Waals surface area contributed by atoms with Gasteiger partial charge in [0.1, 0.15) is 18.1 Å². The lowest BCUT2D eigenvalue weighted by molar-refractivity contribution is -0.123. The number of hydrogen-bond donors (Lipinski definition) is 3. The number of halogens is 1. The van der Waals surface area contributed by atoms with Crippen molar-refractivity contribution in [2.24, 2.45) is 0 Å². The Morgan fingerprint density at radius 3 is 2.41 bits per heavy atom. The van der Waals surface area contributed by atoms with Gasteiger partial charge in [-0.2, -0.15) is 0 Å². The number of ether oxygens (including phenoxy) is 3. The first-order chi connectivity index (χ1) is 16.1. The van der Waals surface area contributed by atoms with Crippen molar-refractivity contribution in [3.63, 3.8) is 0 Å². The molecule has 0 heterocycles. The molecule has 2 rings (SSSR count). The number of para-hydroxylation sites is 1. The molecule has 0 bridgehead atoms. The number of amides is 2. The molecule has 2 aromatic rings. The molecule has 184 valence electrons. The van der Waals surface area contributed by atoms with Gasteiger partial charge in [0.05, 0.1) is 16.6 Å². The van der Waals surface area contributed by atoms with Gasteiger partial charge in [-0.25, -0.2) is 0 Å². The highest BCUT2D eigenvalue weighted by atomic mass is 79.9. The van der Waals surface area contributed by atoms with Gasteiger partial charge in [-0.15, -0.1) is 0 Å². The number of carbonyl (C=O) groups excluding carboxylic acids is 2. The molecule has 0 saturated heterocycles. The topological polar surface area (TPSA) is 97.9 Å². The van der Waals surface area contributed by atoms with E-state index < -0.39 is 11.8 Å². The van der Waals surface area contributed by atoms with Gasteiger partial charge in [-0.05, 0) is 70.3 Å². The van der Waals surface area contributed by atoms with E-state index in [2.05, 4.69) is 52.9 Å². The van der Waals surface area contributed by atoms with E-state index >= 15 is 0 Å². The average Bonchev–Trinajstić information content (AvgIpc) is 2.79. The summed E-state index contributed by atoms with van der Waals surface area (Å²) < 4.78 is 17.2. The molecule has 0 spiro atoms. The van der Waals surface area contributed by atoms with Crippen LogP contribution in [0.4, 0.5) is 0 Å². The van der Waals surface area contributed by atoms with Crippen LogP contribution in [-0.2, 0) is 14.9 Å².